The van der Waals surface area contributed by atoms with Crippen LogP contribution in [0.4, 0.5) is 5.69 Å². The predicted molar refractivity (Wildman–Crippen MR) is 83.4 cm³/mol. The lowest BCUT2D eigenvalue weighted by molar-refractivity contribution is -0.131. The summed E-state index contributed by atoms with van der Waals surface area (Å²) in [7, 11) is 1.78. The molecule has 2 amide bonds. The van der Waals surface area contributed by atoms with Gasteiger partial charge in [-0.2, -0.15) is 0 Å². The van der Waals surface area contributed by atoms with E-state index in [2.05, 4.69) is 10.6 Å². The first-order chi connectivity index (χ1) is 10.2. The Balaban J connectivity index is 1.80. The lowest BCUT2D eigenvalue weighted by Gasteiger charge is -2.26. The average Bonchev–Trinajstić information content (AvgIpc) is 2.55. The molecule has 1 saturated heterocycles. The van der Waals surface area contributed by atoms with Gasteiger partial charge in [0, 0.05) is 38.8 Å². The molecular formula is C16H23N3O2. The molecule has 2 rings (SSSR count). The van der Waals surface area contributed by atoms with Crippen LogP contribution in [0.1, 0.15) is 36.0 Å². The van der Waals surface area contributed by atoms with Gasteiger partial charge in [0.15, 0.2) is 0 Å². The topological polar surface area (TPSA) is 61.4 Å². The number of hydrogen-bond acceptors (Lipinski definition) is 3. The van der Waals surface area contributed by atoms with Crippen molar-refractivity contribution in [2.45, 2.75) is 25.7 Å². The van der Waals surface area contributed by atoms with Crippen LogP contribution in [-0.4, -0.2) is 43.4 Å². The number of benzene rings is 1. The van der Waals surface area contributed by atoms with Crippen molar-refractivity contribution in [2.24, 2.45) is 0 Å². The molecule has 1 heterocycles. The Bertz CT molecular complexity index is 496. The second kappa shape index (κ2) is 7.67. The van der Waals surface area contributed by atoms with Crippen molar-refractivity contribution in [1.29, 1.82) is 0 Å². The molecule has 1 aromatic rings. The normalized spacial score (nSPS) is 14.6. The molecule has 0 radical (unpaired) electrons. The molecule has 0 spiro atoms. The number of carbonyl (C=O) groups excluding carboxylic acids is 2. The molecule has 114 valence electrons. The molecule has 0 atom stereocenters. The molecule has 21 heavy (non-hydrogen) atoms. The summed E-state index contributed by atoms with van der Waals surface area (Å²) >= 11 is 0. The molecule has 1 aliphatic heterocycles. The van der Waals surface area contributed by atoms with E-state index >= 15 is 0 Å². The Morgan fingerprint density at radius 3 is 2.57 bits per heavy atom. The van der Waals surface area contributed by atoms with Gasteiger partial charge in [-0.1, -0.05) is 12.1 Å². The van der Waals surface area contributed by atoms with Gasteiger partial charge in [-0.15, -0.1) is 0 Å². The Morgan fingerprint density at radius 1 is 1.14 bits per heavy atom. The Morgan fingerprint density at radius 2 is 1.86 bits per heavy atom. The van der Waals surface area contributed by atoms with Crippen molar-refractivity contribution in [3.63, 3.8) is 0 Å². The first-order valence-corrected chi connectivity index (χ1v) is 7.55. The lowest BCUT2D eigenvalue weighted by Crippen LogP contribution is -2.37. The SMILES string of the molecule is CNc1ccccc1C(=O)NCCC(=O)N1CCCCC1. The van der Waals surface area contributed by atoms with Gasteiger partial charge in [-0.3, -0.25) is 9.59 Å². The molecule has 5 nitrogen and oxygen atoms in total. The second-order valence-electron chi connectivity index (χ2n) is 5.24. The van der Waals surface area contributed by atoms with Crippen LogP contribution in [0.3, 0.4) is 0 Å². The van der Waals surface area contributed by atoms with E-state index in [1.165, 1.54) is 6.42 Å². The fourth-order valence-corrected chi connectivity index (χ4v) is 2.58. The molecule has 5 heteroatoms. The minimum absolute atomic E-state index is 0.136. The fourth-order valence-electron chi connectivity index (χ4n) is 2.58. The van der Waals surface area contributed by atoms with Crippen LogP contribution in [0.2, 0.25) is 0 Å². The minimum atomic E-state index is -0.147. The standard InChI is InChI=1S/C16H23N3O2/c1-17-14-8-4-3-7-13(14)16(21)18-10-9-15(20)19-11-5-2-6-12-19/h3-4,7-8,17H,2,5-6,9-12H2,1H3,(H,18,21). The summed E-state index contributed by atoms with van der Waals surface area (Å²) < 4.78 is 0. The van der Waals surface area contributed by atoms with Crippen LogP contribution >= 0.6 is 0 Å². The molecule has 2 N–H and O–H groups in total. The quantitative estimate of drug-likeness (QED) is 0.870. The van der Waals surface area contributed by atoms with Gasteiger partial charge in [-0.25, -0.2) is 0 Å². The van der Waals surface area contributed by atoms with Crippen LogP contribution in [0.15, 0.2) is 24.3 Å². The summed E-state index contributed by atoms with van der Waals surface area (Å²) in [4.78, 5) is 26.0. The number of likely N-dealkylation sites (tertiary alicyclic amines) is 1. The van der Waals surface area contributed by atoms with Crippen LogP contribution in [-0.2, 0) is 4.79 Å². The maximum Gasteiger partial charge on any atom is 0.253 e. The average molecular weight is 289 g/mol. The van der Waals surface area contributed by atoms with Crippen molar-refractivity contribution in [2.75, 3.05) is 32.0 Å². The van der Waals surface area contributed by atoms with Crippen LogP contribution in [0.25, 0.3) is 0 Å². The summed E-state index contributed by atoms with van der Waals surface area (Å²) in [5.74, 6) is -0.0108. The van der Waals surface area contributed by atoms with Gasteiger partial charge in [0.05, 0.1) is 5.56 Å². The Labute approximate surface area is 125 Å². The molecule has 0 unspecified atom stereocenters. The number of para-hydroxylation sites is 1. The summed E-state index contributed by atoms with van der Waals surface area (Å²) in [6.45, 7) is 2.09. The first kappa shape index (κ1) is 15.4. The summed E-state index contributed by atoms with van der Waals surface area (Å²) in [6.07, 6.45) is 3.76. The predicted octanol–water partition coefficient (Wildman–Crippen LogP) is 1.86. The maximum absolute atomic E-state index is 12.1. The Kier molecular flexibility index (Phi) is 5.60. The molecule has 0 saturated carbocycles. The molecule has 0 bridgehead atoms. The lowest BCUT2D eigenvalue weighted by atomic mass is 10.1. The summed E-state index contributed by atoms with van der Waals surface area (Å²) in [6, 6.07) is 7.33. The highest BCUT2D eigenvalue weighted by atomic mass is 16.2. The van der Waals surface area contributed by atoms with Gasteiger partial charge in [-0.05, 0) is 31.4 Å². The Hall–Kier alpha value is -2.04. The summed E-state index contributed by atoms with van der Waals surface area (Å²) in [5, 5.41) is 5.81. The van der Waals surface area contributed by atoms with Crippen LogP contribution in [0, 0.1) is 0 Å². The van der Waals surface area contributed by atoms with E-state index in [0.29, 0.717) is 18.5 Å². The highest BCUT2D eigenvalue weighted by Crippen LogP contribution is 2.14. The van der Waals surface area contributed by atoms with E-state index in [1.807, 2.05) is 23.1 Å². The van der Waals surface area contributed by atoms with Crippen molar-refractivity contribution in [3.05, 3.63) is 29.8 Å². The number of nitrogens with zero attached hydrogens (tertiary/aromatic N) is 1. The van der Waals surface area contributed by atoms with Gasteiger partial charge in [0.1, 0.15) is 0 Å². The van der Waals surface area contributed by atoms with Crippen molar-refractivity contribution >= 4 is 17.5 Å². The highest BCUT2D eigenvalue weighted by Gasteiger charge is 2.16. The van der Waals surface area contributed by atoms with Crippen LogP contribution in [0.5, 0.6) is 0 Å². The molecule has 1 aromatic carbocycles. The number of nitrogens with one attached hydrogen (secondary N) is 2. The monoisotopic (exact) mass is 289 g/mol. The molecule has 0 aliphatic carbocycles. The maximum atomic E-state index is 12.1. The van der Waals surface area contributed by atoms with Crippen molar-refractivity contribution < 1.29 is 9.59 Å². The van der Waals surface area contributed by atoms with Gasteiger partial charge in [0.25, 0.3) is 5.91 Å². The zero-order valence-electron chi connectivity index (χ0n) is 12.5. The molecular weight excluding hydrogens is 266 g/mol. The third-order valence-electron chi connectivity index (χ3n) is 3.77. The number of hydrogen-bond donors (Lipinski definition) is 2. The number of amides is 2. The van der Waals surface area contributed by atoms with E-state index in [-0.39, 0.29) is 11.8 Å². The van der Waals surface area contributed by atoms with E-state index in [0.717, 1.165) is 31.6 Å². The third kappa shape index (κ3) is 4.21. The minimum Gasteiger partial charge on any atom is -0.387 e. The third-order valence-corrected chi connectivity index (χ3v) is 3.77. The zero-order chi connectivity index (χ0) is 15.1. The van der Waals surface area contributed by atoms with Crippen molar-refractivity contribution in [1.82, 2.24) is 10.2 Å². The number of rotatable bonds is 5. The second-order valence-corrected chi connectivity index (χ2v) is 5.24. The number of anilines is 1. The van der Waals surface area contributed by atoms with Gasteiger partial charge >= 0.3 is 0 Å². The smallest absolute Gasteiger partial charge is 0.253 e. The van der Waals surface area contributed by atoms with E-state index in [9.17, 15) is 9.59 Å². The highest BCUT2D eigenvalue weighted by molar-refractivity contribution is 5.99. The first-order valence-electron chi connectivity index (χ1n) is 7.55. The van der Waals surface area contributed by atoms with E-state index in [1.54, 1.807) is 13.1 Å². The van der Waals surface area contributed by atoms with E-state index in [4.69, 9.17) is 0 Å². The van der Waals surface area contributed by atoms with E-state index < -0.39 is 0 Å². The van der Waals surface area contributed by atoms with Crippen LogP contribution < -0.4 is 10.6 Å². The zero-order valence-corrected chi connectivity index (χ0v) is 12.5. The van der Waals surface area contributed by atoms with Gasteiger partial charge < -0.3 is 15.5 Å². The van der Waals surface area contributed by atoms with Gasteiger partial charge in [0.2, 0.25) is 5.91 Å². The fraction of sp³-hybridized carbons (Fsp3) is 0.500. The molecule has 0 aromatic heterocycles. The number of carbonyl (C=O) groups is 2. The molecule has 1 aliphatic rings. The number of piperidine rings is 1. The molecule has 1 fully saturated rings. The van der Waals surface area contributed by atoms with Crippen molar-refractivity contribution in [3.8, 4) is 0 Å². The largest absolute Gasteiger partial charge is 0.387 e. The summed E-state index contributed by atoms with van der Waals surface area (Å²) in [5.41, 5.74) is 1.39.